The molecule has 2 heterocycles. The predicted molar refractivity (Wildman–Crippen MR) is 176 cm³/mol. The second-order valence-corrected chi connectivity index (χ2v) is 13.8. The summed E-state index contributed by atoms with van der Waals surface area (Å²) in [6.07, 6.45) is 0. The lowest BCUT2D eigenvalue weighted by atomic mass is 10.2. The van der Waals surface area contributed by atoms with Gasteiger partial charge >= 0.3 is 23.9 Å². The summed E-state index contributed by atoms with van der Waals surface area (Å²) < 4.78 is 5.56. The second kappa shape index (κ2) is 20.4. The average molecular weight is 669 g/mol. The molecule has 15 heteroatoms. The average Bonchev–Trinajstić information content (AvgIpc) is 2.93. The maximum atomic E-state index is 12.6. The summed E-state index contributed by atoms with van der Waals surface area (Å²) in [5.41, 5.74) is 1.06. The molecular weight excluding hydrogens is 616 g/mol. The third-order valence-electron chi connectivity index (χ3n) is 7.17. The molecule has 0 atom stereocenters. The third-order valence-corrected chi connectivity index (χ3v) is 8.05. The number of pyridine rings is 1. The number of carboxylic acid groups (broad SMARTS) is 3. The van der Waals surface area contributed by atoms with Crippen LogP contribution in [0.1, 0.15) is 39.1 Å². The van der Waals surface area contributed by atoms with Crippen LogP contribution in [0, 0.1) is 0 Å². The first-order valence-corrected chi connectivity index (χ1v) is 16.9. The van der Waals surface area contributed by atoms with Crippen molar-refractivity contribution in [1.29, 1.82) is 0 Å². The lowest BCUT2D eigenvalue weighted by Gasteiger charge is -2.33. The van der Waals surface area contributed by atoms with E-state index in [4.69, 9.17) is 9.72 Å². The molecule has 1 aromatic rings. The largest absolute Gasteiger partial charge is 0.480 e. The van der Waals surface area contributed by atoms with Gasteiger partial charge in [0.25, 0.3) is 0 Å². The summed E-state index contributed by atoms with van der Waals surface area (Å²) in [6, 6.07) is 5.80. The molecule has 0 saturated carbocycles. The Morgan fingerprint density at radius 1 is 0.804 bits per heavy atom. The van der Waals surface area contributed by atoms with E-state index in [0.29, 0.717) is 72.0 Å². The van der Waals surface area contributed by atoms with Crippen molar-refractivity contribution in [2.75, 3.05) is 96.6 Å². The highest BCUT2D eigenvalue weighted by Gasteiger charge is 2.22. The van der Waals surface area contributed by atoms with Crippen LogP contribution in [-0.4, -0.2) is 171 Å². The van der Waals surface area contributed by atoms with Crippen LogP contribution in [0.5, 0.6) is 0 Å². The summed E-state index contributed by atoms with van der Waals surface area (Å²) in [5.74, 6) is -1.33. The molecule has 2 rings (SSSR count). The van der Waals surface area contributed by atoms with Gasteiger partial charge in [0.05, 0.1) is 37.6 Å². The van der Waals surface area contributed by atoms with Gasteiger partial charge in [-0.05, 0) is 38.7 Å². The molecule has 260 valence electrons. The molecule has 0 aromatic carbocycles. The van der Waals surface area contributed by atoms with Crippen LogP contribution in [0.4, 0.5) is 0 Å². The molecular formula is C31H52N6O8S. The van der Waals surface area contributed by atoms with Gasteiger partial charge in [-0.25, -0.2) is 0 Å². The Bertz CT molecular complexity index is 1090. The second-order valence-electron chi connectivity index (χ2n) is 12.4. The lowest BCUT2D eigenvalue weighted by molar-refractivity contribution is -0.156. The first-order chi connectivity index (χ1) is 21.7. The highest BCUT2D eigenvalue weighted by Crippen LogP contribution is 2.12. The number of carbonyl (C=O) groups excluding carboxylic acids is 1. The normalized spacial score (nSPS) is 16.9. The Balaban J connectivity index is 2.21. The van der Waals surface area contributed by atoms with Crippen molar-refractivity contribution in [2.24, 2.45) is 0 Å². The van der Waals surface area contributed by atoms with Gasteiger partial charge in [0.15, 0.2) is 0 Å². The zero-order valence-electron chi connectivity index (χ0n) is 27.7. The van der Waals surface area contributed by atoms with E-state index in [-0.39, 0.29) is 32.1 Å². The van der Waals surface area contributed by atoms with Crippen molar-refractivity contribution in [1.82, 2.24) is 29.5 Å². The summed E-state index contributed by atoms with van der Waals surface area (Å²) >= 11 is 1.80. The van der Waals surface area contributed by atoms with E-state index in [0.717, 1.165) is 22.9 Å². The van der Waals surface area contributed by atoms with Gasteiger partial charge in [0.1, 0.15) is 5.60 Å². The molecule has 1 aliphatic rings. The number of carbonyl (C=O) groups is 4. The third kappa shape index (κ3) is 17.8. The monoisotopic (exact) mass is 668 g/mol. The van der Waals surface area contributed by atoms with Crippen LogP contribution in [0.25, 0.3) is 0 Å². The Hall–Kier alpha value is -2.82. The summed E-state index contributed by atoms with van der Waals surface area (Å²) in [6.45, 7) is 12.2. The maximum absolute atomic E-state index is 12.6. The predicted octanol–water partition coefficient (Wildman–Crippen LogP) is 0.954. The minimum Gasteiger partial charge on any atom is -0.480 e. The van der Waals surface area contributed by atoms with Crippen molar-refractivity contribution < 1.29 is 39.2 Å². The fraction of sp³-hybridized carbons (Fsp3) is 0.710. The molecule has 0 spiro atoms. The molecule has 1 aliphatic heterocycles. The number of rotatable bonds is 16. The van der Waals surface area contributed by atoms with Gasteiger partial charge in [0, 0.05) is 77.7 Å². The molecule has 1 fully saturated rings. The van der Waals surface area contributed by atoms with E-state index in [9.17, 15) is 34.5 Å². The lowest BCUT2D eigenvalue weighted by Crippen LogP contribution is -2.48. The van der Waals surface area contributed by atoms with E-state index in [1.165, 1.54) is 0 Å². The van der Waals surface area contributed by atoms with Gasteiger partial charge in [-0.3, -0.25) is 48.7 Å². The van der Waals surface area contributed by atoms with E-state index >= 15 is 0 Å². The van der Waals surface area contributed by atoms with Crippen LogP contribution in [-0.2, 0) is 37.0 Å². The topological polar surface area (TPSA) is 167 Å². The van der Waals surface area contributed by atoms with Crippen LogP contribution < -0.4 is 0 Å². The molecule has 1 saturated heterocycles. The van der Waals surface area contributed by atoms with Gasteiger partial charge < -0.3 is 20.1 Å². The number of ether oxygens (including phenoxy) is 1. The number of nitrogens with zero attached hydrogens (tertiary/aromatic N) is 6. The van der Waals surface area contributed by atoms with Crippen LogP contribution in [0.15, 0.2) is 18.2 Å². The summed E-state index contributed by atoms with van der Waals surface area (Å²) in [7, 11) is 0. The zero-order chi connectivity index (χ0) is 34.1. The Morgan fingerprint density at radius 3 is 1.70 bits per heavy atom. The van der Waals surface area contributed by atoms with Crippen molar-refractivity contribution in [3.05, 3.63) is 29.6 Å². The van der Waals surface area contributed by atoms with E-state index in [2.05, 4.69) is 11.8 Å². The standard InChI is InChI=1S/C31H52N6O8S/c1-5-46-18-17-37(24-30(44)45-31(2,3)4)20-26-8-6-7-25(32-26)19-33-9-11-34(21-27(38)39)13-15-36(23-29(42)43)16-14-35(12-10-33)22-28(40)41/h6-8H,5,9-24H2,1-4H3,(H,38,39)(H,40,41)(H,42,43). The van der Waals surface area contributed by atoms with Gasteiger partial charge in [-0.15, -0.1) is 0 Å². The molecule has 46 heavy (non-hydrogen) atoms. The fourth-order valence-electron chi connectivity index (χ4n) is 5.06. The Morgan fingerprint density at radius 2 is 1.26 bits per heavy atom. The van der Waals surface area contributed by atoms with Crippen molar-refractivity contribution in [2.45, 2.75) is 46.4 Å². The van der Waals surface area contributed by atoms with E-state index in [1.54, 1.807) is 26.5 Å². The number of hydrogen-bond donors (Lipinski definition) is 3. The highest BCUT2D eigenvalue weighted by atomic mass is 32.2. The van der Waals surface area contributed by atoms with Crippen LogP contribution in [0.3, 0.4) is 0 Å². The van der Waals surface area contributed by atoms with Crippen molar-refractivity contribution in [3.63, 3.8) is 0 Å². The van der Waals surface area contributed by atoms with Crippen LogP contribution in [0.2, 0.25) is 0 Å². The van der Waals surface area contributed by atoms with Crippen LogP contribution >= 0.6 is 11.8 Å². The summed E-state index contributed by atoms with van der Waals surface area (Å²) in [4.78, 5) is 61.6. The van der Waals surface area contributed by atoms with Gasteiger partial charge in [-0.2, -0.15) is 11.8 Å². The molecule has 14 nitrogen and oxygen atoms in total. The molecule has 1 aromatic heterocycles. The SMILES string of the molecule is CCSCCN(CC(=O)OC(C)(C)C)Cc1cccc(CN2CCN(CC(=O)O)CCN(CC(=O)O)CCN(CC(=O)O)CC2)n1. The fourth-order valence-corrected chi connectivity index (χ4v) is 5.73. The van der Waals surface area contributed by atoms with E-state index in [1.807, 2.05) is 43.9 Å². The number of carboxylic acids is 3. The number of esters is 1. The number of hydrogen-bond acceptors (Lipinski definition) is 12. The number of thioether (sulfide) groups is 1. The zero-order valence-corrected chi connectivity index (χ0v) is 28.5. The maximum Gasteiger partial charge on any atom is 0.320 e. The molecule has 3 N–H and O–H groups in total. The van der Waals surface area contributed by atoms with E-state index < -0.39 is 23.5 Å². The Kier molecular flexibility index (Phi) is 17.5. The van der Waals surface area contributed by atoms with Gasteiger partial charge in [-0.1, -0.05) is 13.0 Å². The minimum absolute atomic E-state index is 0.155. The molecule has 0 radical (unpaired) electrons. The van der Waals surface area contributed by atoms with Crippen molar-refractivity contribution >= 4 is 35.6 Å². The molecule has 0 bridgehead atoms. The van der Waals surface area contributed by atoms with Gasteiger partial charge in [0.2, 0.25) is 0 Å². The summed E-state index contributed by atoms with van der Waals surface area (Å²) in [5, 5.41) is 28.3. The first-order valence-electron chi connectivity index (χ1n) is 15.7. The molecule has 0 aliphatic carbocycles. The number of aliphatic carboxylic acids is 3. The number of aromatic nitrogens is 1. The highest BCUT2D eigenvalue weighted by molar-refractivity contribution is 7.99. The molecule has 0 amide bonds. The van der Waals surface area contributed by atoms with Crippen molar-refractivity contribution in [3.8, 4) is 0 Å². The quantitative estimate of drug-likeness (QED) is 0.168. The molecule has 0 unspecified atom stereocenters. The Labute approximate surface area is 276 Å². The minimum atomic E-state index is -0.990. The smallest absolute Gasteiger partial charge is 0.320 e. The first kappa shape index (κ1) is 39.4.